The van der Waals surface area contributed by atoms with Crippen molar-refractivity contribution in [3.05, 3.63) is 40.5 Å². The van der Waals surface area contributed by atoms with Crippen molar-refractivity contribution in [2.45, 2.75) is 26.3 Å². The van der Waals surface area contributed by atoms with Crippen LogP contribution in [0.5, 0.6) is 0 Å². The standard InChI is InChI=1S/C14H18N4OS/c1-3-10(14-16-8-9-20-14)18-13(19)11-6-5-7-12(17-11)15-4-2/h5-10H,3-4H2,1-2H3,(H,15,17)(H,18,19). The van der Waals surface area contributed by atoms with E-state index in [9.17, 15) is 4.79 Å². The van der Waals surface area contributed by atoms with Crippen molar-refractivity contribution >= 4 is 23.1 Å². The summed E-state index contributed by atoms with van der Waals surface area (Å²) in [5.74, 6) is 0.536. The SMILES string of the molecule is CCNc1cccc(C(=O)NC(CC)c2nccs2)n1. The fraction of sp³-hybridized carbons (Fsp3) is 0.357. The first kappa shape index (κ1) is 14.5. The number of pyridine rings is 1. The minimum atomic E-state index is -0.174. The highest BCUT2D eigenvalue weighted by molar-refractivity contribution is 7.09. The summed E-state index contributed by atoms with van der Waals surface area (Å²) < 4.78 is 0. The lowest BCUT2D eigenvalue weighted by molar-refractivity contribution is 0.0930. The normalized spacial score (nSPS) is 11.9. The minimum absolute atomic E-state index is 0.0629. The number of thiazole rings is 1. The molecule has 0 aliphatic carbocycles. The molecule has 5 nitrogen and oxygen atoms in total. The van der Waals surface area contributed by atoms with Crippen molar-refractivity contribution in [3.8, 4) is 0 Å². The molecule has 2 rings (SSSR count). The lowest BCUT2D eigenvalue weighted by Crippen LogP contribution is -2.28. The van der Waals surface area contributed by atoms with Crippen LogP contribution in [0.15, 0.2) is 29.8 Å². The lowest BCUT2D eigenvalue weighted by Gasteiger charge is -2.14. The van der Waals surface area contributed by atoms with Crippen LogP contribution >= 0.6 is 11.3 Å². The van der Waals surface area contributed by atoms with E-state index >= 15 is 0 Å². The van der Waals surface area contributed by atoms with E-state index in [-0.39, 0.29) is 11.9 Å². The molecule has 0 bridgehead atoms. The van der Waals surface area contributed by atoms with E-state index in [4.69, 9.17) is 0 Å². The largest absolute Gasteiger partial charge is 0.370 e. The summed E-state index contributed by atoms with van der Waals surface area (Å²) >= 11 is 1.55. The second kappa shape index (κ2) is 7.00. The van der Waals surface area contributed by atoms with E-state index in [0.29, 0.717) is 11.5 Å². The lowest BCUT2D eigenvalue weighted by atomic mass is 10.2. The molecule has 0 radical (unpaired) electrons. The number of aromatic nitrogens is 2. The Kier molecular flexibility index (Phi) is 5.06. The summed E-state index contributed by atoms with van der Waals surface area (Å²) in [4.78, 5) is 20.8. The Labute approximate surface area is 122 Å². The van der Waals surface area contributed by atoms with Crippen LogP contribution in [-0.2, 0) is 0 Å². The van der Waals surface area contributed by atoms with Gasteiger partial charge in [0.1, 0.15) is 16.5 Å². The first-order valence-corrected chi connectivity index (χ1v) is 7.53. The van der Waals surface area contributed by atoms with Crippen LogP contribution in [0.1, 0.15) is 41.8 Å². The molecular weight excluding hydrogens is 272 g/mol. The summed E-state index contributed by atoms with van der Waals surface area (Å²) in [6.45, 7) is 4.79. The molecule has 1 unspecified atom stereocenters. The smallest absolute Gasteiger partial charge is 0.270 e. The molecule has 2 N–H and O–H groups in total. The molecule has 20 heavy (non-hydrogen) atoms. The zero-order valence-corrected chi connectivity index (χ0v) is 12.4. The van der Waals surface area contributed by atoms with E-state index in [0.717, 1.165) is 18.0 Å². The van der Waals surface area contributed by atoms with Crippen LogP contribution < -0.4 is 10.6 Å². The Morgan fingerprint density at radius 3 is 2.90 bits per heavy atom. The van der Waals surface area contributed by atoms with Gasteiger partial charge in [-0.25, -0.2) is 9.97 Å². The van der Waals surface area contributed by atoms with E-state index in [1.54, 1.807) is 23.6 Å². The van der Waals surface area contributed by atoms with E-state index in [1.807, 2.05) is 31.4 Å². The molecule has 0 saturated carbocycles. The number of anilines is 1. The first-order chi connectivity index (χ1) is 9.74. The molecule has 2 heterocycles. The fourth-order valence-electron chi connectivity index (χ4n) is 1.82. The number of nitrogens with one attached hydrogen (secondary N) is 2. The van der Waals surface area contributed by atoms with Gasteiger partial charge in [-0.05, 0) is 25.5 Å². The zero-order valence-electron chi connectivity index (χ0n) is 11.6. The summed E-state index contributed by atoms with van der Waals surface area (Å²) in [6, 6.07) is 5.32. The molecule has 0 aliphatic rings. The first-order valence-electron chi connectivity index (χ1n) is 6.65. The highest BCUT2D eigenvalue weighted by Crippen LogP contribution is 2.19. The van der Waals surface area contributed by atoms with Crippen LogP contribution in [0.3, 0.4) is 0 Å². The number of nitrogens with zero attached hydrogens (tertiary/aromatic N) is 2. The van der Waals surface area contributed by atoms with Crippen LogP contribution in [0.2, 0.25) is 0 Å². The monoisotopic (exact) mass is 290 g/mol. The molecule has 6 heteroatoms. The molecule has 1 amide bonds. The van der Waals surface area contributed by atoms with Crippen LogP contribution in [0.25, 0.3) is 0 Å². The van der Waals surface area contributed by atoms with E-state index in [2.05, 4.69) is 20.6 Å². The Balaban J connectivity index is 2.09. The van der Waals surface area contributed by atoms with Gasteiger partial charge in [0.2, 0.25) is 0 Å². The highest BCUT2D eigenvalue weighted by atomic mass is 32.1. The second-order valence-electron chi connectivity index (χ2n) is 4.24. The Morgan fingerprint density at radius 1 is 1.40 bits per heavy atom. The molecule has 0 aliphatic heterocycles. The number of carbonyl (C=O) groups excluding carboxylic acids is 1. The Hall–Kier alpha value is -1.95. The van der Waals surface area contributed by atoms with Crippen molar-refractivity contribution in [1.82, 2.24) is 15.3 Å². The predicted octanol–water partition coefficient (Wildman–Crippen LogP) is 2.85. The van der Waals surface area contributed by atoms with Gasteiger partial charge in [0.05, 0.1) is 6.04 Å². The number of hydrogen-bond acceptors (Lipinski definition) is 5. The zero-order chi connectivity index (χ0) is 14.4. The van der Waals surface area contributed by atoms with Gasteiger partial charge in [-0.15, -0.1) is 11.3 Å². The maximum atomic E-state index is 12.2. The summed E-state index contributed by atoms with van der Waals surface area (Å²) in [5.41, 5.74) is 0.415. The van der Waals surface area contributed by atoms with Crippen molar-refractivity contribution in [1.29, 1.82) is 0 Å². The molecule has 0 spiro atoms. The van der Waals surface area contributed by atoms with Crippen molar-refractivity contribution in [3.63, 3.8) is 0 Å². The maximum Gasteiger partial charge on any atom is 0.270 e. The molecule has 1 atom stereocenters. The van der Waals surface area contributed by atoms with Gasteiger partial charge in [0.15, 0.2) is 0 Å². The van der Waals surface area contributed by atoms with Crippen molar-refractivity contribution in [2.24, 2.45) is 0 Å². The average Bonchev–Trinajstić information content (AvgIpc) is 2.99. The van der Waals surface area contributed by atoms with E-state index < -0.39 is 0 Å². The molecule has 2 aromatic rings. The number of rotatable bonds is 6. The molecule has 0 fully saturated rings. The van der Waals surface area contributed by atoms with Crippen LogP contribution in [-0.4, -0.2) is 22.4 Å². The third-order valence-electron chi connectivity index (χ3n) is 2.80. The Morgan fingerprint density at radius 2 is 2.25 bits per heavy atom. The molecule has 0 aromatic carbocycles. The number of carbonyl (C=O) groups is 1. The van der Waals surface area contributed by atoms with Crippen molar-refractivity contribution < 1.29 is 4.79 Å². The van der Waals surface area contributed by atoms with Gasteiger partial charge in [-0.3, -0.25) is 4.79 Å². The summed E-state index contributed by atoms with van der Waals surface area (Å²) in [5, 5.41) is 8.90. The quantitative estimate of drug-likeness (QED) is 0.858. The topological polar surface area (TPSA) is 66.9 Å². The highest BCUT2D eigenvalue weighted by Gasteiger charge is 2.17. The van der Waals surface area contributed by atoms with E-state index in [1.165, 1.54) is 0 Å². The van der Waals surface area contributed by atoms with Gasteiger partial charge >= 0.3 is 0 Å². The van der Waals surface area contributed by atoms with Crippen LogP contribution in [0.4, 0.5) is 5.82 Å². The maximum absolute atomic E-state index is 12.2. The molecular formula is C14H18N4OS. The number of hydrogen-bond donors (Lipinski definition) is 2. The summed E-state index contributed by atoms with van der Waals surface area (Å²) in [7, 11) is 0. The second-order valence-corrected chi connectivity index (χ2v) is 5.17. The Bertz CT molecular complexity index is 556. The van der Waals surface area contributed by atoms with Gasteiger partial charge in [0.25, 0.3) is 5.91 Å². The molecule has 106 valence electrons. The number of amides is 1. The fourth-order valence-corrected chi connectivity index (χ4v) is 2.59. The molecule has 2 aromatic heterocycles. The molecule has 0 saturated heterocycles. The average molecular weight is 290 g/mol. The minimum Gasteiger partial charge on any atom is -0.370 e. The third kappa shape index (κ3) is 3.54. The van der Waals surface area contributed by atoms with Gasteiger partial charge in [0, 0.05) is 18.1 Å². The summed E-state index contributed by atoms with van der Waals surface area (Å²) in [6.07, 6.45) is 2.55. The van der Waals surface area contributed by atoms with Gasteiger partial charge < -0.3 is 10.6 Å². The van der Waals surface area contributed by atoms with Gasteiger partial charge in [-0.2, -0.15) is 0 Å². The predicted molar refractivity (Wildman–Crippen MR) is 81.0 cm³/mol. The van der Waals surface area contributed by atoms with Crippen LogP contribution in [0, 0.1) is 0 Å². The third-order valence-corrected chi connectivity index (χ3v) is 3.69. The van der Waals surface area contributed by atoms with Gasteiger partial charge in [-0.1, -0.05) is 13.0 Å². The van der Waals surface area contributed by atoms with Crippen molar-refractivity contribution in [2.75, 3.05) is 11.9 Å².